The van der Waals surface area contributed by atoms with E-state index in [-0.39, 0.29) is 33.1 Å². The fourth-order valence-corrected chi connectivity index (χ4v) is 2.91. The van der Waals surface area contributed by atoms with Gasteiger partial charge in [0.1, 0.15) is 17.0 Å². The first-order valence-corrected chi connectivity index (χ1v) is 7.68. The maximum atomic E-state index is 13.1. The number of halogens is 4. The molecule has 26 heavy (non-hydrogen) atoms. The van der Waals surface area contributed by atoms with Crippen molar-refractivity contribution in [2.75, 3.05) is 23.8 Å². The number of hydrogen-bond acceptors (Lipinski definition) is 5. The molecule has 0 saturated heterocycles. The standard InChI is InChI=1S/C16H13ClF3N5O/c1-23-13-8-3-5-11(16(18,19)20)24-14(8)25(15(26)12(13)22)10-4-2-7(21)6-9(10)17/h2-6,23H,21-22H2,1H3. The average molecular weight is 384 g/mol. The van der Waals surface area contributed by atoms with Gasteiger partial charge in [-0.2, -0.15) is 13.2 Å². The van der Waals surface area contributed by atoms with E-state index in [1.165, 1.54) is 31.3 Å². The van der Waals surface area contributed by atoms with Crippen LogP contribution in [0.2, 0.25) is 5.02 Å². The van der Waals surface area contributed by atoms with Crippen LogP contribution in [0.3, 0.4) is 0 Å². The van der Waals surface area contributed by atoms with Gasteiger partial charge >= 0.3 is 6.18 Å². The fourth-order valence-electron chi connectivity index (χ4n) is 2.64. The molecule has 0 saturated carbocycles. The molecule has 0 aliphatic heterocycles. The molecule has 0 spiro atoms. The van der Waals surface area contributed by atoms with E-state index in [9.17, 15) is 18.0 Å². The lowest BCUT2D eigenvalue weighted by atomic mass is 10.1. The number of nitrogens with one attached hydrogen (secondary N) is 1. The van der Waals surface area contributed by atoms with Gasteiger partial charge in [-0.15, -0.1) is 0 Å². The molecule has 1 aromatic carbocycles. The quantitative estimate of drug-likeness (QED) is 0.590. The minimum absolute atomic E-state index is 0.0734. The number of hydrogen-bond donors (Lipinski definition) is 3. The molecule has 0 unspecified atom stereocenters. The Balaban J connectivity index is 2.51. The summed E-state index contributed by atoms with van der Waals surface area (Å²) in [6.45, 7) is 0. The Morgan fingerprint density at radius 2 is 1.88 bits per heavy atom. The normalized spacial score (nSPS) is 11.7. The van der Waals surface area contributed by atoms with E-state index >= 15 is 0 Å². The summed E-state index contributed by atoms with van der Waals surface area (Å²) in [5.74, 6) is 0. The summed E-state index contributed by atoms with van der Waals surface area (Å²) in [5.41, 5.74) is 9.88. The summed E-state index contributed by atoms with van der Waals surface area (Å²) in [7, 11) is 1.50. The highest BCUT2D eigenvalue weighted by Crippen LogP contribution is 2.34. The van der Waals surface area contributed by atoms with Gasteiger partial charge in [0.2, 0.25) is 0 Å². The first kappa shape index (κ1) is 17.9. The molecule has 136 valence electrons. The van der Waals surface area contributed by atoms with Crippen LogP contribution >= 0.6 is 11.6 Å². The predicted molar refractivity (Wildman–Crippen MR) is 95.7 cm³/mol. The number of nitrogens with zero attached hydrogens (tertiary/aromatic N) is 2. The first-order chi connectivity index (χ1) is 12.1. The minimum Gasteiger partial charge on any atom is -0.399 e. The zero-order chi connectivity index (χ0) is 19.2. The molecule has 0 aliphatic carbocycles. The summed E-state index contributed by atoms with van der Waals surface area (Å²) in [6, 6.07) is 6.29. The van der Waals surface area contributed by atoms with Crippen molar-refractivity contribution >= 4 is 39.7 Å². The van der Waals surface area contributed by atoms with Crippen molar-refractivity contribution < 1.29 is 13.2 Å². The largest absolute Gasteiger partial charge is 0.433 e. The van der Waals surface area contributed by atoms with E-state index in [1.807, 2.05) is 0 Å². The highest BCUT2D eigenvalue weighted by molar-refractivity contribution is 6.32. The Hall–Kier alpha value is -2.94. The second-order valence-electron chi connectivity index (χ2n) is 5.46. The molecule has 0 bridgehead atoms. The molecular formula is C16H13ClF3N5O. The van der Waals surface area contributed by atoms with E-state index < -0.39 is 17.4 Å². The molecule has 3 aromatic rings. The van der Waals surface area contributed by atoms with E-state index in [4.69, 9.17) is 23.1 Å². The van der Waals surface area contributed by atoms with Gasteiger partial charge in [-0.1, -0.05) is 11.6 Å². The zero-order valence-corrected chi connectivity index (χ0v) is 14.1. The van der Waals surface area contributed by atoms with Gasteiger partial charge in [0, 0.05) is 18.1 Å². The second-order valence-corrected chi connectivity index (χ2v) is 5.86. The molecular weight excluding hydrogens is 371 g/mol. The van der Waals surface area contributed by atoms with Crippen LogP contribution in [0.4, 0.5) is 30.2 Å². The molecule has 6 nitrogen and oxygen atoms in total. The van der Waals surface area contributed by atoms with Crippen LogP contribution in [0.15, 0.2) is 35.1 Å². The molecule has 0 fully saturated rings. The van der Waals surface area contributed by atoms with Crippen LogP contribution in [0.1, 0.15) is 5.69 Å². The number of anilines is 3. The van der Waals surface area contributed by atoms with E-state index in [0.29, 0.717) is 5.69 Å². The summed E-state index contributed by atoms with van der Waals surface area (Å²) >= 11 is 6.15. The lowest BCUT2D eigenvalue weighted by Gasteiger charge is -2.17. The number of fused-ring (bicyclic) bond motifs is 1. The van der Waals surface area contributed by atoms with Gasteiger partial charge in [0.05, 0.1) is 16.4 Å². The van der Waals surface area contributed by atoms with Crippen molar-refractivity contribution in [3.63, 3.8) is 0 Å². The maximum absolute atomic E-state index is 13.1. The minimum atomic E-state index is -4.68. The van der Waals surface area contributed by atoms with Gasteiger partial charge in [-0.3, -0.25) is 9.36 Å². The SMILES string of the molecule is CNc1c(N)c(=O)n(-c2ccc(N)cc2Cl)c2nc(C(F)(F)F)ccc12. The smallest absolute Gasteiger partial charge is 0.399 e. The summed E-state index contributed by atoms with van der Waals surface area (Å²) < 4.78 is 40.3. The molecule has 0 amide bonds. The van der Waals surface area contributed by atoms with E-state index in [2.05, 4.69) is 10.3 Å². The van der Waals surface area contributed by atoms with Gasteiger partial charge in [-0.05, 0) is 30.3 Å². The zero-order valence-electron chi connectivity index (χ0n) is 13.4. The topological polar surface area (TPSA) is 99.0 Å². The van der Waals surface area contributed by atoms with Crippen molar-refractivity contribution in [3.05, 3.63) is 51.4 Å². The number of nitrogen functional groups attached to an aromatic ring is 2. The third-order valence-corrected chi connectivity index (χ3v) is 4.11. The molecule has 2 aromatic heterocycles. The molecule has 5 N–H and O–H groups in total. The van der Waals surface area contributed by atoms with E-state index in [1.54, 1.807) is 0 Å². The number of pyridine rings is 2. The molecule has 2 heterocycles. The van der Waals surface area contributed by atoms with Crippen molar-refractivity contribution in [1.82, 2.24) is 9.55 Å². The molecule has 0 aliphatic rings. The Labute approximate surface area is 150 Å². The van der Waals surface area contributed by atoms with Crippen LogP contribution in [0.5, 0.6) is 0 Å². The summed E-state index contributed by atoms with van der Waals surface area (Å²) in [6.07, 6.45) is -4.68. The molecule has 10 heteroatoms. The number of nitrogens with two attached hydrogens (primary N) is 2. The monoisotopic (exact) mass is 383 g/mol. The van der Waals surface area contributed by atoms with Gasteiger partial charge in [0.25, 0.3) is 5.56 Å². The van der Waals surface area contributed by atoms with Gasteiger partial charge in [-0.25, -0.2) is 4.98 Å². The number of aromatic nitrogens is 2. The lowest BCUT2D eigenvalue weighted by molar-refractivity contribution is -0.141. The predicted octanol–water partition coefficient (Wildman–Crippen LogP) is 3.26. The second kappa shape index (κ2) is 6.10. The highest BCUT2D eigenvalue weighted by Gasteiger charge is 2.33. The Kier molecular flexibility index (Phi) is 4.19. The number of alkyl halides is 3. The van der Waals surface area contributed by atoms with Gasteiger partial charge < -0.3 is 16.8 Å². The third kappa shape index (κ3) is 2.80. The molecule has 0 atom stereocenters. The van der Waals surface area contributed by atoms with Crippen molar-refractivity contribution in [2.24, 2.45) is 0 Å². The molecule has 0 radical (unpaired) electrons. The Morgan fingerprint density at radius 1 is 1.19 bits per heavy atom. The summed E-state index contributed by atoms with van der Waals surface area (Å²) in [5, 5.41) is 3.04. The third-order valence-electron chi connectivity index (χ3n) is 3.81. The van der Waals surface area contributed by atoms with Crippen molar-refractivity contribution in [2.45, 2.75) is 6.18 Å². The van der Waals surface area contributed by atoms with Crippen LogP contribution in [-0.2, 0) is 6.18 Å². The number of benzene rings is 1. The maximum Gasteiger partial charge on any atom is 0.433 e. The number of rotatable bonds is 2. The van der Waals surface area contributed by atoms with Crippen molar-refractivity contribution in [1.29, 1.82) is 0 Å². The van der Waals surface area contributed by atoms with Crippen LogP contribution in [0, 0.1) is 0 Å². The van der Waals surface area contributed by atoms with Gasteiger partial charge in [0.15, 0.2) is 0 Å². The Bertz CT molecular complexity index is 1080. The highest BCUT2D eigenvalue weighted by atomic mass is 35.5. The fraction of sp³-hybridized carbons (Fsp3) is 0.125. The molecule has 3 rings (SSSR count). The van der Waals surface area contributed by atoms with Crippen LogP contribution in [-0.4, -0.2) is 16.6 Å². The Morgan fingerprint density at radius 3 is 2.46 bits per heavy atom. The van der Waals surface area contributed by atoms with E-state index in [0.717, 1.165) is 10.6 Å². The lowest BCUT2D eigenvalue weighted by Crippen LogP contribution is -2.25. The van der Waals surface area contributed by atoms with Crippen LogP contribution in [0.25, 0.3) is 16.7 Å². The average Bonchev–Trinajstić information content (AvgIpc) is 2.56. The first-order valence-electron chi connectivity index (χ1n) is 7.30. The van der Waals surface area contributed by atoms with Crippen LogP contribution < -0.4 is 22.3 Å². The summed E-state index contributed by atoms with van der Waals surface area (Å²) in [4.78, 5) is 16.4. The van der Waals surface area contributed by atoms with Crippen molar-refractivity contribution in [3.8, 4) is 5.69 Å².